The third-order valence-electron chi connectivity index (χ3n) is 3.09. The van der Waals surface area contributed by atoms with E-state index in [0.29, 0.717) is 12.3 Å². The largest absolute Gasteiger partial charge is 0.364 e. The fourth-order valence-corrected chi connectivity index (χ4v) is 2.66. The maximum absolute atomic E-state index is 11.9. The first-order valence-corrected chi connectivity index (χ1v) is 8.27. The van der Waals surface area contributed by atoms with Gasteiger partial charge in [-0.2, -0.15) is 0 Å². The van der Waals surface area contributed by atoms with Crippen LogP contribution in [-0.2, 0) is 4.79 Å². The smallest absolute Gasteiger partial charge is 0.230 e. The molecule has 4 nitrogen and oxygen atoms in total. The van der Waals surface area contributed by atoms with Crippen LogP contribution < -0.4 is 10.2 Å². The molecule has 1 amide bonds. The number of carbonyl (C=O) groups excluding carboxylic acids is 1. The zero-order valence-electron chi connectivity index (χ0n) is 13.1. The summed E-state index contributed by atoms with van der Waals surface area (Å²) < 4.78 is 0.725. The minimum absolute atomic E-state index is 0.0198. The number of benzene rings is 1. The number of likely N-dealkylation sites (N-methyl/N-ethyl adjacent to an activating group) is 1. The van der Waals surface area contributed by atoms with Gasteiger partial charge < -0.3 is 15.1 Å². The lowest BCUT2D eigenvalue weighted by Gasteiger charge is -2.22. The van der Waals surface area contributed by atoms with E-state index in [-0.39, 0.29) is 11.9 Å². The molecule has 0 aliphatic heterocycles. The number of quaternary nitrogens is 1. The quantitative estimate of drug-likeness (QED) is 0.750. The summed E-state index contributed by atoms with van der Waals surface area (Å²) in [6, 6.07) is 10.5. The molecule has 0 spiro atoms. The Kier molecular flexibility index (Phi) is 7.71. The summed E-state index contributed by atoms with van der Waals surface area (Å²) in [6.45, 7) is 0.625. The van der Waals surface area contributed by atoms with E-state index >= 15 is 0 Å². The van der Waals surface area contributed by atoms with Crippen molar-refractivity contribution in [3.8, 4) is 0 Å². The zero-order chi connectivity index (χ0) is 15.8. The van der Waals surface area contributed by atoms with Crippen LogP contribution in [0.3, 0.4) is 0 Å². The SMILES string of the molecule is CN(C)C(=S)SCC(=O)NC[C@H](c1ccccc1)[NH+](C)C. The van der Waals surface area contributed by atoms with Crippen molar-refractivity contribution >= 4 is 34.2 Å². The minimum Gasteiger partial charge on any atom is -0.364 e. The highest BCUT2D eigenvalue weighted by Gasteiger charge is 2.18. The van der Waals surface area contributed by atoms with E-state index in [2.05, 4.69) is 31.5 Å². The molecule has 0 aliphatic carbocycles. The molecule has 1 rings (SSSR count). The average Bonchev–Trinajstić information content (AvgIpc) is 2.45. The molecule has 1 aromatic carbocycles. The number of carbonyl (C=O) groups is 1. The van der Waals surface area contributed by atoms with Gasteiger partial charge in [0, 0.05) is 19.7 Å². The highest BCUT2D eigenvalue weighted by Crippen LogP contribution is 2.09. The van der Waals surface area contributed by atoms with Crippen molar-refractivity contribution in [2.45, 2.75) is 6.04 Å². The van der Waals surface area contributed by atoms with E-state index in [1.165, 1.54) is 22.2 Å². The monoisotopic (exact) mass is 326 g/mol. The third-order valence-corrected chi connectivity index (χ3v) is 4.83. The number of nitrogens with one attached hydrogen (secondary N) is 2. The van der Waals surface area contributed by atoms with Crippen molar-refractivity contribution in [1.82, 2.24) is 10.2 Å². The van der Waals surface area contributed by atoms with Gasteiger partial charge in [-0.3, -0.25) is 4.79 Å². The Morgan fingerprint density at radius 2 is 1.95 bits per heavy atom. The van der Waals surface area contributed by atoms with Crippen LogP contribution in [0.4, 0.5) is 0 Å². The van der Waals surface area contributed by atoms with Crippen LogP contribution in [0.25, 0.3) is 0 Å². The van der Waals surface area contributed by atoms with Crippen molar-refractivity contribution in [3.63, 3.8) is 0 Å². The number of hydrogen-bond acceptors (Lipinski definition) is 3. The summed E-state index contributed by atoms with van der Waals surface area (Å²) in [7, 11) is 7.96. The lowest BCUT2D eigenvalue weighted by Crippen LogP contribution is -3.07. The predicted octanol–water partition coefficient (Wildman–Crippen LogP) is 0.568. The Morgan fingerprint density at radius 1 is 1.33 bits per heavy atom. The Bertz CT molecular complexity index is 463. The number of nitrogens with zero attached hydrogens (tertiary/aromatic N) is 1. The highest BCUT2D eigenvalue weighted by atomic mass is 32.2. The summed E-state index contributed by atoms with van der Waals surface area (Å²) in [4.78, 5) is 15.0. The van der Waals surface area contributed by atoms with Crippen LogP contribution >= 0.6 is 24.0 Å². The normalized spacial score (nSPS) is 12.0. The van der Waals surface area contributed by atoms with Gasteiger partial charge in [0.05, 0.1) is 26.4 Å². The first kappa shape index (κ1) is 17.9. The van der Waals surface area contributed by atoms with Gasteiger partial charge in [-0.15, -0.1) is 0 Å². The van der Waals surface area contributed by atoms with E-state index in [9.17, 15) is 4.79 Å². The van der Waals surface area contributed by atoms with Crippen molar-refractivity contribution in [2.75, 3.05) is 40.5 Å². The molecule has 0 aliphatic rings. The fourth-order valence-electron chi connectivity index (χ4n) is 1.86. The Labute approximate surface area is 136 Å². The van der Waals surface area contributed by atoms with Gasteiger partial charge in [-0.1, -0.05) is 54.3 Å². The lowest BCUT2D eigenvalue weighted by molar-refractivity contribution is -0.890. The van der Waals surface area contributed by atoms with Crippen LogP contribution in [0, 0.1) is 0 Å². The van der Waals surface area contributed by atoms with E-state index < -0.39 is 0 Å². The molecule has 0 saturated heterocycles. The minimum atomic E-state index is 0.0198. The van der Waals surface area contributed by atoms with Gasteiger partial charge >= 0.3 is 0 Å². The van der Waals surface area contributed by atoms with Gasteiger partial charge in [-0.05, 0) is 0 Å². The molecule has 0 unspecified atom stereocenters. The molecule has 0 heterocycles. The summed E-state index contributed by atoms with van der Waals surface area (Å²) in [5.74, 6) is 0.382. The molecular weight excluding hydrogens is 302 g/mol. The standard InChI is InChI=1S/C15H23N3OS2/c1-17(2)13(12-8-6-5-7-9-12)10-16-14(19)11-21-15(20)18(3)4/h5-9,13H,10-11H2,1-4H3,(H,16,19)/p+1/t13-/m1/s1. The molecule has 116 valence electrons. The maximum atomic E-state index is 11.9. The zero-order valence-corrected chi connectivity index (χ0v) is 14.7. The van der Waals surface area contributed by atoms with E-state index in [4.69, 9.17) is 12.2 Å². The van der Waals surface area contributed by atoms with Gasteiger partial charge in [-0.25, -0.2) is 0 Å². The van der Waals surface area contributed by atoms with Crippen LogP contribution in [-0.4, -0.2) is 55.6 Å². The number of thioether (sulfide) groups is 1. The molecule has 0 fully saturated rings. The molecule has 21 heavy (non-hydrogen) atoms. The molecule has 0 saturated carbocycles. The van der Waals surface area contributed by atoms with E-state index in [1.807, 2.05) is 37.2 Å². The van der Waals surface area contributed by atoms with Crippen molar-refractivity contribution in [1.29, 1.82) is 0 Å². The van der Waals surface area contributed by atoms with Crippen molar-refractivity contribution in [3.05, 3.63) is 35.9 Å². The van der Waals surface area contributed by atoms with Gasteiger partial charge in [0.2, 0.25) is 5.91 Å². The first-order valence-electron chi connectivity index (χ1n) is 6.87. The lowest BCUT2D eigenvalue weighted by atomic mass is 10.1. The first-order chi connectivity index (χ1) is 9.91. The third kappa shape index (κ3) is 6.46. The average molecular weight is 327 g/mol. The van der Waals surface area contributed by atoms with Crippen LogP contribution in [0.2, 0.25) is 0 Å². The summed E-state index contributed by atoms with van der Waals surface area (Å²) >= 11 is 6.54. The molecule has 0 aromatic heterocycles. The van der Waals surface area contributed by atoms with Crippen LogP contribution in [0.5, 0.6) is 0 Å². The summed E-state index contributed by atoms with van der Waals surface area (Å²) in [6.07, 6.45) is 0. The topological polar surface area (TPSA) is 36.8 Å². The molecular formula is C15H24N3OS2+. The van der Waals surface area contributed by atoms with Crippen molar-refractivity contribution < 1.29 is 9.69 Å². The second-order valence-electron chi connectivity index (χ2n) is 5.29. The van der Waals surface area contributed by atoms with Gasteiger partial charge in [0.25, 0.3) is 0 Å². The predicted molar refractivity (Wildman–Crippen MR) is 93.7 cm³/mol. The molecule has 1 atom stereocenters. The van der Waals surface area contributed by atoms with Crippen LogP contribution in [0.15, 0.2) is 30.3 Å². The number of rotatable bonds is 6. The van der Waals surface area contributed by atoms with E-state index in [1.54, 1.807) is 0 Å². The number of hydrogen-bond donors (Lipinski definition) is 2. The number of amides is 1. The fraction of sp³-hybridized carbons (Fsp3) is 0.467. The molecule has 2 N–H and O–H groups in total. The van der Waals surface area contributed by atoms with Gasteiger partial charge in [0.1, 0.15) is 10.4 Å². The second kappa shape index (κ2) is 9.02. The molecule has 0 radical (unpaired) electrons. The van der Waals surface area contributed by atoms with E-state index in [0.717, 1.165) is 4.32 Å². The Balaban J connectivity index is 2.47. The second-order valence-corrected chi connectivity index (χ2v) is 6.90. The maximum Gasteiger partial charge on any atom is 0.230 e. The molecule has 0 bridgehead atoms. The Morgan fingerprint density at radius 3 is 2.48 bits per heavy atom. The Hall–Kier alpha value is -1.11. The summed E-state index contributed by atoms with van der Waals surface area (Å²) in [5.41, 5.74) is 1.23. The number of thiocarbonyl (C=S) groups is 1. The van der Waals surface area contributed by atoms with Crippen molar-refractivity contribution in [2.24, 2.45) is 0 Å². The van der Waals surface area contributed by atoms with Gasteiger partial charge in [0.15, 0.2) is 0 Å². The molecule has 6 heteroatoms. The van der Waals surface area contributed by atoms with Crippen LogP contribution in [0.1, 0.15) is 11.6 Å². The summed E-state index contributed by atoms with van der Waals surface area (Å²) in [5, 5.41) is 3.00. The highest BCUT2D eigenvalue weighted by molar-refractivity contribution is 8.23. The molecule has 1 aromatic rings.